The Morgan fingerprint density at radius 2 is 1.19 bits per heavy atom. The van der Waals surface area contributed by atoms with E-state index in [1.54, 1.807) is 5.20 Å². The van der Waals surface area contributed by atoms with Gasteiger partial charge >= 0.3 is 21.7 Å². The predicted octanol–water partition coefficient (Wildman–Crippen LogP) is -3.09. The van der Waals surface area contributed by atoms with Gasteiger partial charge in [-0.15, -0.1) is 6.42 Å². The van der Waals surface area contributed by atoms with E-state index in [0.29, 0.717) is 0 Å². The number of halogens is 3. The molecule has 1 aliphatic carbocycles. The molecule has 0 nitrogen and oxygen atoms in total. The molecule has 2 aromatic carbocycles. The maximum absolute atomic E-state index is 3.70. The van der Waals surface area contributed by atoms with Crippen molar-refractivity contribution >= 4 is 18.4 Å². The van der Waals surface area contributed by atoms with Crippen LogP contribution in [0.3, 0.4) is 0 Å². The van der Waals surface area contributed by atoms with E-state index < -0.39 is 8.07 Å². The molecule has 31 heavy (non-hydrogen) atoms. The van der Waals surface area contributed by atoms with Crippen molar-refractivity contribution in [3.63, 3.8) is 0 Å². The fourth-order valence-electron chi connectivity index (χ4n) is 4.58. The third-order valence-electron chi connectivity index (χ3n) is 5.86. The van der Waals surface area contributed by atoms with E-state index in [9.17, 15) is 0 Å². The molecule has 0 atom stereocenters. The van der Waals surface area contributed by atoms with Gasteiger partial charge in [0.15, 0.2) is 0 Å². The van der Waals surface area contributed by atoms with Crippen LogP contribution in [-0.4, -0.2) is 8.07 Å². The maximum Gasteiger partial charge on any atom is 4.00 e. The largest absolute Gasteiger partial charge is 4.00 e. The van der Waals surface area contributed by atoms with Crippen molar-refractivity contribution in [1.82, 2.24) is 0 Å². The van der Waals surface area contributed by atoms with Crippen molar-refractivity contribution in [2.75, 3.05) is 0 Å². The molecule has 0 aliphatic heterocycles. The third kappa shape index (κ3) is 7.36. The van der Waals surface area contributed by atoms with Crippen molar-refractivity contribution in [3.8, 4) is 0 Å². The molecule has 166 valence electrons. The van der Waals surface area contributed by atoms with Gasteiger partial charge in [-0.2, -0.15) is 11.3 Å². The second-order valence-electron chi connectivity index (χ2n) is 8.46. The van der Waals surface area contributed by atoms with Crippen molar-refractivity contribution in [3.05, 3.63) is 81.6 Å². The summed E-state index contributed by atoms with van der Waals surface area (Å²) in [6.07, 6.45) is 10.8. The van der Waals surface area contributed by atoms with Gasteiger partial charge < -0.3 is 37.2 Å². The molecule has 2 aromatic rings. The zero-order valence-electron chi connectivity index (χ0n) is 19.5. The molecule has 0 saturated carbocycles. The number of allylic oxidation sites excluding steroid dienone is 4. The standard InChI is InChI=1S/C26H33Si.3ClH.Ti/c1-7-8-10-23-11-9-12-26(23)27(6,24-15-19(2)13-20(3)16-24)25-17-21(4)14-22(5)18-25;;;;/h12-18H,7-10H2,1-6H3;3*1H;/q-1;;;;+4/p-3. The van der Waals surface area contributed by atoms with Gasteiger partial charge in [-0.3, -0.25) is 6.08 Å². The molecule has 0 heterocycles. The minimum atomic E-state index is -2.05. The normalized spacial score (nSPS) is 12.5. The number of rotatable bonds is 6. The summed E-state index contributed by atoms with van der Waals surface area (Å²) in [5, 5.41) is 4.67. The Bertz CT molecular complexity index is 827. The average molecular weight is 528 g/mol. The number of hydrogen-bond acceptors (Lipinski definition) is 0. The smallest absolute Gasteiger partial charge is 1.00 e. The molecule has 0 bridgehead atoms. The molecular weight excluding hydrogens is 495 g/mol. The predicted molar refractivity (Wildman–Crippen MR) is 122 cm³/mol. The Morgan fingerprint density at radius 3 is 1.58 bits per heavy atom. The van der Waals surface area contributed by atoms with Gasteiger partial charge in [-0.25, -0.2) is 5.57 Å². The first-order valence-electron chi connectivity index (χ1n) is 10.3. The van der Waals surface area contributed by atoms with E-state index in [1.165, 1.54) is 57.5 Å². The molecule has 0 fully saturated rings. The molecule has 0 spiro atoms. The van der Waals surface area contributed by atoms with Crippen LogP contribution in [0.4, 0.5) is 0 Å². The second-order valence-corrected chi connectivity index (χ2v) is 12.4. The van der Waals surface area contributed by atoms with E-state index in [1.807, 2.05) is 0 Å². The molecule has 0 radical (unpaired) electrons. The van der Waals surface area contributed by atoms with Crippen molar-refractivity contribution in [1.29, 1.82) is 0 Å². The van der Waals surface area contributed by atoms with E-state index in [2.05, 4.69) is 89.7 Å². The molecule has 0 amide bonds. The van der Waals surface area contributed by atoms with Gasteiger partial charge in [-0.05, 0) is 27.7 Å². The molecule has 0 saturated heterocycles. The quantitative estimate of drug-likeness (QED) is 0.276. The third-order valence-corrected chi connectivity index (χ3v) is 10.3. The molecule has 0 aromatic heterocycles. The fraction of sp³-hybridized carbons (Fsp3) is 0.385. The summed E-state index contributed by atoms with van der Waals surface area (Å²) in [6.45, 7) is 13.8. The van der Waals surface area contributed by atoms with Gasteiger partial charge in [0, 0.05) is 0 Å². The number of hydrogen-bond donors (Lipinski definition) is 0. The molecule has 0 N–H and O–H groups in total. The first-order valence-corrected chi connectivity index (χ1v) is 12.8. The van der Waals surface area contributed by atoms with E-state index >= 15 is 0 Å². The zero-order valence-corrected chi connectivity index (χ0v) is 24.3. The van der Waals surface area contributed by atoms with Gasteiger partial charge in [0.2, 0.25) is 0 Å². The van der Waals surface area contributed by atoms with Gasteiger partial charge in [0.25, 0.3) is 0 Å². The van der Waals surface area contributed by atoms with Gasteiger partial charge in [0.05, 0.1) is 8.07 Å². The molecule has 0 unspecified atom stereocenters. The molecular formula is C26H33Cl3SiTi. The summed E-state index contributed by atoms with van der Waals surface area (Å²) in [4.78, 5) is 0. The van der Waals surface area contributed by atoms with E-state index in [-0.39, 0.29) is 58.9 Å². The second kappa shape index (κ2) is 14.1. The number of aryl methyl sites for hydroxylation is 4. The molecule has 3 rings (SSSR count). The molecule has 5 heteroatoms. The Hall–Kier alpha value is -0.279. The van der Waals surface area contributed by atoms with E-state index in [4.69, 9.17) is 0 Å². The minimum absolute atomic E-state index is 0. The van der Waals surface area contributed by atoms with Gasteiger partial charge in [0.1, 0.15) is 0 Å². The summed E-state index contributed by atoms with van der Waals surface area (Å²) in [7, 11) is -2.05. The van der Waals surface area contributed by atoms with Crippen LogP contribution in [0.15, 0.2) is 53.2 Å². The van der Waals surface area contributed by atoms with Crippen LogP contribution in [-0.2, 0) is 21.7 Å². The van der Waals surface area contributed by atoms with Crippen molar-refractivity contribution < 1.29 is 58.9 Å². The van der Waals surface area contributed by atoms with E-state index in [0.717, 1.165) is 6.42 Å². The average Bonchev–Trinajstić information content (AvgIpc) is 3.06. The zero-order chi connectivity index (χ0) is 19.6. The topological polar surface area (TPSA) is 0 Å². The summed E-state index contributed by atoms with van der Waals surface area (Å²) >= 11 is 0. The number of benzene rings is 2. The monoisotopic (exact) mass is 526 g/mol. The summed E-state index contributed by atoms with van der Waals surface area (Å²) in [5.74, 6) is 0. The maximum atomic E-state index is 3.70. The van der Waals surface area contributed by atoms with Crippen LogP contribution in [0.2, 0.25) is 6.55 Å². The SMILES string of the molecule is CCCCC1=[C-]CC=C1[Si](C)(c1cc(C)cc(C)c1)c1cc(C)cc(C)c1.[Cl-].[Cl-].[Cl-].[Ti+4]. The van der Waals surface area contributed by atoms with Crippen LogP contribution >= 0.6 is 0 Å². The van der Waals surface area contributed by atoms with Crippen LogP contribution < -0.4 is 47.6 Å². The first kappa shape index (κ1) is 32.9. The molecule has 1 aliphatic rings. The Balaban J connectivity index is 0. The summed E-state index contributed by atoms with van der Waals surface area (Å²) < 4.78 is 0. The van der Waals surface area contributed by atoms with Gasteiger partial charge in [-0.1, -0.05) is 102 Å². The van der Waals surface area contributed by atoms with Crippen LogP contribution in [0, 0.1) is 33.8 Å². The Morgan fingerprint density at radius 1 is 0.774 bits per heavy atom. The first-order chi connectivity index (χ1) is 12.8. The van der Waals surface area contributed by atoms with Crippen LogP contribution in [0.1, 0.15) is 54.9 Å². The van der Waals surface area contributed by atoms with Crippen molar-refractivity contribution in [2.24, 2.45) is 0 Å². The Kier molecular flexibility index (Phi) is 14.9. The number of unbranched alkanes of at least 4 members (excludes halogenated alkanes) is 1. The minimum Gasteiger partial charge on any atom is -1.00 e. The fourth-order valence-corrected chi connectivity index (χ4v) is 8.93. The van der Waals surface area contributed by atoms with Crippen molar-refractivity contribution in [2.45, 2.75) is 66.8 Å². The summed E-state index contributed by atoms with van der Waals surface area (Å²) in [5.41, 5.74) is 6.97. The van der Waals surface area contributed by atoms with Crippen LogP contribution in [0.25, 0.3) is 0 Å². The van der Waals surface area contributed by atoms with Crippen LogP contribution in [0.5, 0.6) is 0 Å². The summed E-state index contributed by atoms with van der Waals surface area (Å²) in [6, 6.07) is 14.3. The Labute approximate surface area is 224 Å².